The van der Waals surface area contributed by atoms with Crippen molar-refractivity contribution in [2.24, 2.45) is 0 Å². The van der Waals surface area contributed by atoms with Crippen LogP contribution in [0.5, 0.6) is 0 Å². The van der Waals surface area contributed by atoms with Crippen LogP contribution in [0.4, 0.5) is 0 Å². The van der Waals surface area contributed by atoms with E-state index in [1.807, 2.05) is 0 Å². The van der Waals surface area contributed by atoms with Crippen LogP contribution in [0.1, 0.15) is 32.2 Å². The molecule has 1 aromatic carbocycles. The summed E-state index contributed by atoms with van der Waals surface area (Å²) in [5, 5.41) is 3.75. The summed E-state index contributed by atoms with van der Waals surface area (Å²) in [6, 6.07) is 7.18. The van der Waals surface area contributed by atoms with Crippen molar-refractivity contribution in [1.29, 1.82) is 0 Å². The number of aromatic nitrogens is 1. The van der Waals surface area contributed by atoms with E-state index in [9.17, 15) is 14.4 Å². The molecule has 0 aliphatic carbocycles. The van der Waals surface area contributed by atoms with Gasteiger partial charge in [0.15, 0.2) is 0 Å². The summed E-state index contributed by atoms with van der Waals surface area (Å²) in [5.41, 5.74) is 1.08. The van der Waals surface area contributed by atoms with Gasteiger partial charge in [-0.05, 0) is 25.3 Å². The molecule has 1 aromatic heterocycles. The maximum Gasteiger partial charge on any atom is 0.330 e. The zero-order valence-electron chi connectivity index (χ0n) is 13.7. The molecular weight excluding hydrogens is 344 g/mol. The predicted octanol–water partition coefficient (Wildman–Crippen LogP) is 2.05. The van der Waals surface area contributed by atoms with E-state index in [4.69, 9.17) is 9.26 Å². The van der Waals surface area contributed by atoms with E-state index in [2.05, 4.69) is 5.16 Å². The highest BCUT2D eigenvalue weighted by Crippen LogP contribution is 2.26. The third kappa shape index (κ3) is 3.30. The third-order valence-corrected chi connectivity index (χ3v) is 4.42. The van der Waals surface area contributed by atoms with Gasteiger partial charge in [-0.2, -0.15) is 11.8 Å². The quantitative estimate of drug-likeness (QED) is 0.575. The van der Waals surface area contributed by atoms with Gasteiger partial charge in [-0.15, -0.1) is 0 Å². The van der Waals surface area contributed by atoms with Gasteiger partial charge in [0.25, 0.3) is 11.8 Å². The van der Waals surface area contributed by atoms with Crippen LogP contribution >= 0.6 is 11.8 Å². The van der Waals surface area contributed by atoms with E-state index in [1.165, 1.54) is 11.8 Å². The number of aryl methyl sites for hydroxylation is 1. The van der Waals surface area contributed by atoms with Crippen molar-refractivity contribution in [3.63, 3.8) is 0 Å². The molecule has 2 aromatic rings. The molecule has 0 fully saturated rings. The molecule has 25 heavy (non-hydrogen) atoms. The summed E-state index contributed by atoms with van der Waals surface area (Å²) >= 11 is 1.35. The van der Waals surface area contributed by atoms with Crippen LogP contribution in [0.15, 0.2) is 34.9 Å². The second kappa shape index (κ2) is 7.10. The van der Waals surface area contributed by atoms with E-state index < -0.39 is 23.8 Å². The first-order valence-corrected chi connectivity index (χ1v) is 8.97. The van der Waals surface area contributed by atoms with Gasteiger partial charge in [0.2, 0.25) is 0 Å². The van der Waals surface area contributed by atoms with Crippen LogP contribution < -0.4 is 0 Å². The highest BCUT2D eigenvalue weighted by Gasteiger charge is 2.43. The molecule has 0 saturated carbocycles. The molecule has 8 heteroatoms. The molecule has 130 valence electrons. The van der Waals surface area contributed by atoms with E-state index in [1.54, 1.807) is 43.5 Å². The fraction of sp³-hybridized carbons (Fsp3) is 0.294. The molecule has 1 aliphatic rings. The van der Waals surface area contributed by atoms with Gasteiger partial charge in [-0.1, -0.05) is 17.3 Å². The van der Waals surface area contributed by atoms with Crippen molar-refractivity contribution in [3.8, 4) is 0 Å². The molecule has 1 atom stereocenters. The molecule has 0 N–H and O–H groups in total. The molecule has 0 bridgehead atoms. The standard InChI is InChI=1S/C17H16N2O5S/c1-10-7-11(18-24-10)8-23-17(22)14(9-25-2)19-15(20)12-5-3-4-6-13(12)16(19)21/h3-7,14H,8-9H2,1-2H3/t14-/m0/s1. The first kappa shape index (κ1) is 17.2. The molecule has 3 rings (SSSR count). The Labute approximate surface area is 148 Å². The topological polar surface area (TPSA) is 89.7 Å². The SMILES string of the molecule is CSC[C@@H](C(=O)OCc1cc(C)on1)N1C(=O)c2ccccc2C1=O. The van der Waals surface area contributed by atoms with Crippen molar-refractivity contribution in [3.05, 3.63) is 52.9 Å². The number of hydrogen-bond acceptors (Lipinski definition) is 7. The summed E-state index contributed by atoms with van der Waals surface area (Å²) < 4.78 is 10.2. The largest absolute Gasteiger partial charge is 0.457 e. The van der Waals surface area contributed by atoms with Crippen molar-refractivity contribution in [2.45, 2.75) is 19.6 Å². The minimum Gasteiger partial charge on any atom is -0.457 e. The first-order valence-electron chi connectivity index (χ1n) is 7.57. The lowest BCUT2D eigenvalue weighted by Gasteiger charge is -2.23. The number of rotatable bonds is 6. The second-order valence-electron chi connectivity index (χ2n) is 5.53. The normalized spacial score (nSPS) is 14.6. The Morgan fingerprint density at radius 2 is 1.92 bits per heavy atom. The van der Waals surface area contributed by atoms with Gasteiger partial charge in [0.05, 0.1) is 11.1 Å². The summed E-state index contributed by atoms with van der Waals surface area (Å²) in [7, 11) is 0. The van der Waals surface area contributed by atoms with E-state index in [0.717, 1.165) is 4.90 Å². The Bertz CT molecular complexity index is 797. The van der Waals surface area contributed by atoms with Gasteiger partial charge in [0, 0.05) is 11.8 Å². The van der Waals surface area contributed by atoms with Crippen LogP contribution in [-0.2, 0) is 16.1 Å². The Balaban J connectivity index is 1.78. The number of nitrogens with zero attached hydrogens (tertiary/aromatic N) is 2. The van der Waals surface area contributed by atoms with Gasteiger partial charge in [-0.3, -0.25) is 14.5 Å². The van der Waals surface area contributed by atoms with Crippen molar-refractivity contribution >= 4 is 29.5 Å². The van der Waals surface area contributed by atoms with Gasteiger partial charge in [-0.25, -0.2) is 4.79 Å². The predicted molar refractivity (Wildman–Crippen MR) is 90.1 cm³/mol. The van der Waals surface area contributed by atoms with Gasteiger partial charge in [0.1, 0.15) is 24.1 Å². The van der Waals surface area contributed by atoms with Gasteiger partial charge < -0.3 is 9.26 Å². The minimum atomic E-state index is -0.990. The maximum absolute atomic E-state index is 12.6. The molecule has 0 unspecified atom stereocenters. The van der Waals surface area contributed by atoms with E-state index in [-0.39, 0.29) is 12.4 Å². The molecule has 0 saturated heterocycles. The zero-order valence-corrected chi connectivity index (χ0v) is 14.5. The summed E-state index contributed by atoms with van der Waals surface area (Å²) in [4.78, 5) is 38.6. The number of hydrogen-bond donors (Lipinski definition) is 0. The van der Waals surface area contributed by atoms with E-state index in [0.29, 0.717) is 22.6 Å². The number of carbonyl (C=O) groups excluding carboxylic acids is 3. The summed E-state index contributed by atoms with van der Waals surface area (Å²) in [6.07, 6.45) is 1.79. The Morgan fingerprint density at radius 1 is 1.28 bits per heavy atom. The fourth-order valence-electron chi connectivity index (χ4n) is 2.62. The Hall–Kier alpha value is -2.61. The van der Waals surface area contributed by atoms with Crippen molar-refractivity contribution in [2.75, 3.05) is 12.0 Å². The number of thioether (sulfide) groups is 1. The average molecular weight is 360 g/mol. The molecule has 2 heterocycles. The van der Waals surface area contributed by atoms with E-state index >= 15 is 0 Å². The van der Waals surface area contributed by atoms with Crippen molar-refractivity contribution < 1.29 is 23.6 Å². The molecule has 7 nitrogen and oxygen atoms in total. The van der Waals surface area contributed by atoms with Crippen LogP contribution in [0.25, 0.3) is 0 Å². The number of imide groups is 1. The van der Waals surface area contributed by atoms with Crippen LogP contribution in [0.3, 0.4) is 0 Å². The lowest BCUT2D eigenvalue weighted by Crippen LogP contribution is -2.47. The molecule has 1 aliphatic heterocycles. The summed E-state index contributed by atoms with van der Waals surface area (Å²) in [5.74, 6) is -0.748. The molecular formula is C17H16N2O5S. The monoisotopic (exact) mass is 360 g/mol. The lowest BCUT2D eigenvalue weighted by molar-refractivity contribution is -0.149. The third-order valence-electron chi connectivity index (χ3n) is 3.77. The van der Waals surface area contributed by atoms with Crippen molar-refractivity contribution in [1.82, 2.24) is 10.1 Å². The average Bonchev–Trinajstić information content (AvgIpc) is 3.13. The number of carbonyl (C=O) groups is 3. The number of benzene rings is 1. The second-order valence-corrected chi connectivity index (χ2v) is 6.44. The van der Waals surface area contributed by atoms with Crippen LogP contribution in [-0.4, -0.2) is 45.9 Å². The number of ether oxygens (including phenoxy) is 1. The highest BCUT2D eigenvalue weighted by atomic mass is 32.2. The van der Waals surface area contributed by atoms with Crippen LogP contribution in [0, 0.1) is 6.92 Å². The summed E-state index contributed by atoms with van der Waals surface area (Å²) in [6.45, 7) is 1.65. The van der Waals surface area contributed by atoms with Crippen LogP contribution in [0.2, 0.25) is 0 Å². The lowest BCUT2D eigenvalue weighted by atomic mass is 10.1. The highest BCUT2D eigenvalue weighted by molar-refractivity contribution is 7.98. The number of esters is 1. The molecule has 0 radical (unpaired) electrons. The molecule has 0 spiro atoms. The fourth-order valence-corrected chi connectivity index (χ4v) is 3.22. The minimum absolute atomic E-state index is 0.0791. The number of amides is 2. The zero-order chi connectivity index (χ0) is 18.0. The molecule has 2 amide bonds. The number of fused-ring (bicyclic) bond motifs is 1. The first-order chi connectivity index (χ1) is 12.0. The van der Waals surface area contributed by atoms with Gasteiger partial charge >= 0.3 is 5.97 Å². The Morgan fingerprint density at radius 3 is 2.44 bits per heavy atom. The smallest absolute Gasteiger partial charge is 0.330 e. The maximum atomic E-state index is 12.6. The Kier molecular flexibility index (Phi) is 4.89.